The molecule has 5 nitrogen and oxygen atoms in total. The van der Waals surface area contributed by atoms with Crippen molar-refractivity contribution < 1.29 is 67.0 Å². The maximum Gasteiger partial charge on any atom is 0.320 e. The van der Waals surface area contributed by atoms with Gasteiger partial charge in [-0.2, -0.15) is 0 Å². The van der Waals surface area contributed by atoms with Crippen LogP contribution >= 0.6 is 0 Å². The molecule has 0 amide bonds. The second-order valence-corrected chi connectivity index (χ2v) is 2.97. The van der Waals surface area contributed by atoms with Gasteiger partial charge in [0, 0.05) is 46.9 Å². The van der Waals surface area contributed by atoms with Crippen molar-refractivity contribution >= 4 is 5.97 Å². The van der Waals surface area contributed by atoms with Crippen molar-refractivity contribution in [2.75, 3.05) is 0 Å². The summed E-state index contributed by atoms with van der Waals surface area (Å²) >= 11 is 0. The maximum atomic E-state index is 10.4. The summed E-state index contributed by atoms with van der Waals surface area (Å²) in [6.07, 6.45) is 0.114. The molecular formula is C9H11NO4Yb. The van der Waals surface area contributed by atoms with Crippen molar-refractivity contribution in [3.05, 3.63) is 23.8 Å². The number of carbonyl (C=O) groups is 1. The summed E-state index contributed by atoms with van der Waals surface area (Å²) < 4.78 is 0. The zero-order valence-corrected chi connectivity index (χ0v) is 9.33. The quantitative estimate of drug-likeness (QED) is 0.563. The first-order chi connectivity index (χ1) is 6.50. The molecule has 1 aromatic rings. The second kappa shape index (κ2) is 6.37. The minimum Gasteiger partial charge on any atom is -0.504 e. The van der Waals surface area contributed by atoms with E-state index in [1.807, 2.05) is 0 Å². The first kappa shape index (κ1) is 14.8. The van der Waals surface area contributed by atoms with E-state index in [1.54, 1.807) is 0 Å². The second-order valence-electron chi connectivity index (χ2n) is 2.97. The Morgan fingerprint density at radius 3 is 2.40 bits per heavy atom. The molecule has 0 aliphatic carbocycles. The number of hydrogen-bond acceptors (Lipinski definition) is 4. The number of aliphatic carboxylic acids is 1. The number of benzene rings is 1. The molecule has 1 aromatic carbocycles. The largest absolute Gasteiger partial charge is 0.504 e. The standard InChI is InChI=1S/C9H11NO4.Yb/c10-6(9(13)14)3-5-1-2-7(11)8(12)4-5;/h1-2,4,6,11-12H,3,10H2,(H,13,14);/t6-;/m0./s1. The van der Waals surface area contributed by atoms with E-state index in [0.717, 1.165) is 0 Å². The van der Waals surface area contributed by atoms with E-state index in [9.17, 15) is 4.79 Å². The van der Waals surface area contributed by atoms with E-state index in [2.05, 4.69) is 0 Å². The van der Waals surface area contributed by atoms with Gasteiger partial charge in [0.2, 0.25) is 0 Å². The van der Waals surface area contributed by atoms with Gasteiger partial charge in [-0.05, 0) is 24.1 Å². The summed E-state index contributed by atoms with van der Waals surface area (Å²) in [5.74, 6) is -1.62. The van der Waals surface area contributed by atoms with Crippen molar-refractivity contribution in [3.63, 3.8) is 0 Å². The summed E-state index contributed by atoms with van der Waals surface area (Å²) in [5, 5.41) is 26.6. The van der Waals surface area contributed by atoms with Gasteiger partial charge in [-0.25, -0.2) is 0 Å². The summed E-state index contributed by atoms with van der Waals surface area (Å²) in [4.78, 5) is 10.4. The molecule has 0 aliphatic rings. The summed E-state index contributed by atoms with van der Waals surface area (Å²) in [7, 11) is 0. The fourth-order valence-corrected chi connectivity index (χ4v) is 1.04. The van der Waals surface area contributed by atoms with E-state index in [0.29, 0.717) is 5.56 Å². The van der Waals surface area contributed by atoms with Gasteiger partial charge < -0.3 is 21.1 Å². The third-order valence-electron chi connectivity index (χ3n) is 1.81. The third-order valence-corrected chi connectivity index (χ3v) is 1.81. The van der Waals surface area contributed by atoms with Crippen LogP contribution in [0.1, 0.15) is 5.56 Å². The summed E-state index contributed by atoms with van der Waals surface area (Å²) in [6.45, 7) is 0. The SMILES string of the molecule is N[C@@H](Cc1ccc(O)c(O)c1)C(=O)O.[Yb]. The van der Waals surface area contributed by atoms with Crippen molar-refractivity contribution in [1.82, 2.24) is 0 Å². The number of carboxylic acid groups (broad SMARTS) is 1. The Morgan fingerprint density at radius 1 is 1.33 bits per heavy atom. The predicted molar refractivity (Wildman–Crippen MR) is 49.1 cm³/mol. The Hall–Kier alpha value is -0.231. The Morgan fingerprint density at radius 2 is 1.93 bits per heavy atom. The number of rotatable bonds is 3. The van der Waals surface area contributed by atoms with Gasteiger partial charge >= 0.3 is 5.97 Å². The van der Waals surface area contributed by atoms with E-state index in [1.165, 1.54) is 18.2 Å². The van der Waals surface area contributed by atoms with Crippen LogP contribution in [0.5, 0.6) is 11.5 Å². The molecule has 5 N–H and O–H groups in total. The molecule has 0 saturated carbocycles. The van der Waals surface area contributed by atoms with Crippen molar-refractivity contribution in [2.45, 2.75) is 12.5 Å². The number of carboxylic acids is 1. The van der Waals surface area contributed by atoms with Crippen LogP contribution in [-0.2, 0) is 11.2 Å². The summed E-state index contributed by atoms with van der Waals surface area (Å²) in [6, 6.07) is 3.09. The number of phenols is 2. The van der Waals surface area contributed by atoms with E-state index >= 15 is 0 Å². The molecular weight excluding hydrogens is 359 g/mol. The Labute approximate surface area is 125 Å². The van der Waals surface area contributed by atoms with Crippen LogP contribution in [0, 0.1) is 46.9 Å². The monoisotopic (exact) mass is 371 g/mol. The molecule has 0 aromatic heterocycles. The smallest absolute Gasteiger partial charge is 0.320 e. The maximum absolute atomic E-state index is 10.4. The Bertz CT molecular complexity index is 356. The van der Waals surface area contributed by atoms with Crippen molar-refractivity contribution in [3.8, 4) is 11.5 Å². The molecule has 0 fully saturated rings. The molecule has 15 heavy (non-hydrogen) atoms. The number of aromatic hydroxyl groups is 2. The van der Waals surface area contributed by atoms with Gasteiger partial charge in [0.25, 0.3) is 0 Å². The van der Waals surface area contributed by atoms with Crippen molar-refractivity contribution in [2.24, 2.45) is 5.73 Å². The molecule has 0 bridgehead atoms. The predicted octanol–water partition coefficient (Wildman–Crippen LogP) is 0.0522. The van der Waals surface area contributed by atoms with Crippen LogP contribution in [0.15, 0.2) is 18.2 Å². The average Bonchev–Trinajstić information content (AvgIpc) is 2.11. The normalized spacial score (nSPS) is 11.5. The number of nitrogens with two attached hydrogens (primary N) is 1. The van der Waals surface area contributed by atoms with Crippen LogP contribution in [0.3, 0.4) is 0 Å². The van der Waals surface area contributed by atoms with Gasteiger partial charge in [0.05, 0.1) is 0 Å². The zero-order valence-electron chi connectivity index (χ0n) is 7.61. The molecule has 0 saturated heterocycles. The van der Waals surface area contributed by atoms with Gasteiger partial charge in [0.15, 0.2) is 11.5 Å². The molecule has 0 spiro atoms. The minimum absolute atomic E-state index is 0. The molecule has 0 unspecified atom stereocenters. The number of phenolic OH excluding ortho intramolecular Hbond substituents is 2. The molecule has 90 valence electrons. The fraction of sp³-hybridized carbons (Fsp3) is 0.222. The third kappa shape index (κ3) is 4.42. The zero-order chi connectivity index (χ0) is 10.7. The molecule has 6 heteroatoms. The van der Waals surface area contributed by atoms with Crippen LogP contribution in [0.2, 0.25) is 0 Å². The molecule has 0 radical (unpaired) electrons. The van der Waals surface area contributed by atoms with Crippen LogP contribution in [0.4, 0.5) is 0 Å². The van der Waals surface area contributed by atoms with E-state index < -0.39 is 12.0 Å². The van der Waals surface area contributed by atoms with Crippen molar-refractivity contribution in [1.29, 1.82) is 0 Å². The average molecular weight is 370 g/mol. The van der Waals surface area contributed by atoms with Crippen LogP contribution in [-0.4, -0.2) is 27.3 Å². The van der Waals surface area contributed by atoms with Crippen LogP contribution in [0.25, 0.3) is 0 Å². The van der Waals surface area contributed by atoms with E-state index in [-0.39, 0.29) is 64.8 Å². The summed E-state index contributed by atoms with van der Waals surface area (Å²) in [5.41, 5.74) is 5.86. The Balaban J connectivity index is 0.00000196. The molecule has 0 heterocycles. The minimum atomic E-state index is -1.10. The molecule has 1 atom stereocenters. The number of hydrogen-bond donors (Lipinski definition) is 4. The van der Waals surface area contributed by atoms with Gasteiger partial charge in [-0.1, -0.05) is 6.07 Å². The van der Waals surface area contributed by atoms with Gasteiger partial charge in [-0.15, -0.1) is 0 Å². The molecule has 0 aliphatic heterocycles. The van der Waals surface area contributed by atoms with E-state index in [4.69, 9.17) is 21.1 Å². The first-order valence-corrected chi connectivity index (χ1v) is 4.00. The first-order valence-electron chi connectivity index (χ1n) is 4.00. The van der Waals surface area contributed by atoms with Gasteiger partial charge in [-0.3, -0.25) is 4.79 Å². The molecule has 1 rings (SSSR count). The van der Waals surface area contributed by atoms with Crippen LogP contribution < -0.4 is 5.73 Å². The topological polar surface area (TPSA) is 104 Å². The fourth-order valence-electron chi connectivity index (χ4n) is 1.04. The Kier molecular flexibility index (Phi) is 6.28. The van der Waals surface area contributed by atoms with Gasteiger partial charge in [0.1, 0.15) is 6.04 Å².